The van der Waals surface area contributed by atoms with Gasteiger partial charge >= 0.3 is 6.18 Å². The van der Waals surface area contributed by atoms with Crippen molar-refractivity contribution < 1.29 is 18.0 Å². The van der Waals surface area contributed by atoms with Crippen LogP contribution in [0.25, 0.3) is 0 Å². The second-order valence-electron chi connectivity index (χ2n) is 5.53. The number of nitrogens with zero attached hydrogens (tertiary/aromatic N) is 2. The zero-order valence-corrected chi connectivity index (χ0v) is 12.7. The van der Waals surface area contributed by atoms with Crippen LogP contribution >= 0.6 is 0 Å². The van der Waals surface area contributed by atoms with Gasteiger partial charge in [0, 0.05) is 32.2 Å². The Morgan fingerprint density at radius 3 is 2.05 bits per heavy atom. The van der Waals surface area contributed by atoms with E-state index in [1.54, 1.807) is 26.0 Å². The quantitative estimate of drug-likeness (QED) is 0.833. The van der Waals surface area contributed by atoms with Gasteiger partial charge < -0.3 is 9.80 Å². The number of carbonyl (C=O) groups is 1. The van der Waals surface area contributed by atoms with Crippen LogP contribution in [0.1, 0.15) is 19.4 Å². The minimum Gasteiger partial charge on any atom is -0.378 e. The van der Waals surface area contributed by atoms with Crippen molar-refractivity contribution in [1.82, 2.24) is 4.90 Å². The highest BCUT2D eigenvalue weighted by molar-refractivity contribution is 5.78. The molecule has 0 heterocycles. The number of benzene rings is 1. The Morgan fingerprint density at radius 2 is 1.67 bits per heavy atom. The van der Waals surface area contributed by atoms with Crippen LogP contribution in [0, 0.1) is 5.92 Å². The first-order chi connectivity index (χ1) is 9.60. The van der Waals surface area contributed by atoms with Crippen molar-refractivity contribution >= 4 is 11.6 Å². The van der Waals surface area contributed by atoms with E-state index in [9.17, 15) is 18.0 Å². The minimum atomic E-state index is -4.39. The van der Waals surface area contributed by atoms with Gasteiger partial charge in [-0.25, -0.2) is 0 Å². The molecule has 6 heteroatoms. The van der Waals surface area contributed by atoms with E-state index in [-0.39, 0.29) is 6.54 Å². The Kier molecular flexibility index (Phi) is 5.63. The second-order valence-corrected chi connectivity index (χ2v) is 5.53. The monoisotopic (exact) mass is 302 g/mol. The predicted molar refractivity (Wildman–Crippen MR) is 77.1 cm³/mol. The number of carbonyl (C=O) groups excluding carboxylic acids is 1. The molecule has 1 rings (SSSR count). The van der Waals surface area contributed by atoms with Gasteiger partial charge in [-0.2, -0.15) is 13.2 Å². The van der Waals surface area contributed by atoms with Crippen LogP contribution in [0.3, 0.4) is 0 Å². The summed E-state index contributed by atoms with van der Waals surface area (Å²) in [6.07, 6.45) is -4.39. The van der Waals surface area contributed by atoms with Crippen LogP contribution in [0.4, 0.5) is 18.9 Å². The van der Waals surface area contributed by atoms with Crippen LogP contribution in [-0.4, -0.2) is 37.6 Å². The Balaban J connectivity index is 2.87. The Labute approximate surface area is 123 Å². The van der Waals surface area contributed by atoms with Crippen molar-refractivity contribution in [3.8, 4) is 0 Å². The van der Waals surface area contributed by atoms with Gasteiger partial charge in [0.2, 0.25) is 5.91 Å². The fourth-order valence-corrected chi connectivity index (χ4v) is 1.91. The van der Waals surface area contributed by atoms with Gasteiger partial charge in [0.1, 0.15) is 6.54 Å². The third-order valence-electron chi connectivity index (χ3n) is 3.00. The van der Waals surface area contributed by atoms with Crippen LogP contribution in [0.5, 0.6) is 0 Å². The summed E-state index contributed by atoms with van der Waals surface area (Å²) in [4.78, 5) is 14.7. The Morgan fingerprint density at radius 1 is 1.14 bits per heavy atom. The van der Waals surface area contributed by atoms with E-state index in [0.29, 0.717) is 5.56 Å². The highest BCUT2D eigenvalue weighted by Gasteiger charge is 2.33. The average molecular weight is 302 g/mol. The first kappa shape index (κ1) is 17.3. The summed E-state index contributed by atoms with van der Waals surface area (Å²) in [5.41, 5.74) is 1.63. The second kappa shape index (κ2) is 6.83. The lowest BCUT2D eigenvalue weighted by molar-refractivity contribution is -0.164. The predicted octanol–water partition coefficient (Wildman–Crippen LogP) is 3.30. The summed E-state index contributed by atoms with van der Waals surface area (Å²) in [5.74, 6) is -0.961. The molecule has 0 fully saturated rings. The highest BCUT2D eigenvalue weighted by atomic mass is 19.4. The van der Waals surface area contributed by atoms with E-state index in [1.807, 2.05) is 31.1 Å². The highest BCUT2D eigenvalue weighted by Crippen LogP contribution is 2.21. The molecule has 1 aromatic rings. The van der Waals surface area contributed by atoms with E-state index in [2.05, 4.69) is 0 Å². The summed E-state index contributed by atoms with van der Waals surface area (Å²) < 4.78 is 37.8. The van der Waals surface area contributed by atoms with Crippen molar-refractivity contribution in [3.05, 3.63) is 29.8 Å². The topological polar surface area (TPSA) is 23.6 Å². The smallest absolute Gasteiger partial charge is 0.378 e. The standard InChI is InChI=1S/C15H21F3N2O/c1-11(2)14(21)20(10-15(16,17)18)9-12-5-7-13(8-6-12)19(3)4/h5-8,11H,9-10H2,1-4H3. The van der Waals surface area contributed by atoms with Crippen molar-refractivity contribution in [3.63, 3.8) is 0 Å². The lowest BCUT2D eigenvalue weighted by Crippen LogP contribution is -2.40. The van der Waals surface area contributed by atoms with Gasteiger partial charge in [-0.05, 0) is 17.7 Å². The number of rotatable bonds is 5. The lowest BCUT2D eigenvalue weighted by Gasteiger charge is -2.26. The van der Waals surface area contributed by atoms with Crippen molar-refractivity contribution in [1.29, 1.82) is 0 Å². The molecule has 0 N–H and O–H groups in total. The fraction of sp³-hybridized carbons (Fsp3) is 0.533. The largest absolute Gasteiger partial charge is 0.406 e. The summed E-state index contributed by atoms with van der Waals surface area (Å²) in [5, 5.41) is 0. The van der Waals surface area contributed by atoms with Gasteiger partial charge in [0.25, 0.3) is 0 Å². The van der Waals surface area contributed by atoms with E-state index < -0.39 is 24.5 Å². The summed E-state index contributed by atoms with van der Waals surface area (Å²) in [7, 11) is 3.76. The van der Waals surface area contributed by atoms with Gasteiger partial charge in [0.15, 0.2) is 0 Å². The van der Waals surface area contributed by atoms with Crippen LogP contribution in [-0.2, 0) is 11.3 Å². The molecule has 0 aliphatic heterocycles. The molecule has 0 aliphatic rings. The maximum absolute atomic E-state index is 12.6. The molecule has 1 aromatic carbocycles. The van der Waals surface area contributed by atoms with Crippen molar-refractivity contribution in [2.24, 2.45) is 5.92 Å². The zero-order valence-electron chi connectivity index (χ0n) is 12.7. The summed E-state index contributed by atoms with van der Waals surface area (Å²) in [6.45, 7) is 1.94. The third kappa shape index (κ3) is 5.65. The molecule has 0 saturated heterocycles. The molecule has 3 nitrogen and oxygen atoms in total. The average Bonchev–Trinajstić information content (AvgIpc) is 2.36. The molecule has 0 bridgehead atoms. The number of hydrogen-bond donors (Lipinski definition) is 0. The molecule has 21 heavy (non-hydrogen) atoms. The molecule has 0 saturated carbocycles. The molecule has 0 radical (unpaired) electrons. The van der Waals surface area contributed by atoms with Gasteiger partial charge in [-0.3, -0.25) is 4.79 Å². The Hall–Kier alpha value is -1.72. The number of amides is 1. The third-order valence-corrected chi connectivity index (χ3v) is 3.00. The summed E-state index contributed by atoms with van der Waals surface area (Å²) >= 11 is 0. The number of halogens is 3. The fourth-order valence-electron chi connectivity index (χ4n) is 1.91. The molecular weight excluding hydrogens is 281 g/mol. The molecule has 0 unspecified atom stereocenters. The van der Waals surface area contributed by atoms with Crippen LogP contribution < -0.4 is 4.90 Å². The molecular formula is C15H21F3N2O. The summed E-state index contributed by atoms with van der Waals surface area (Å²) in [6, 6.07) is 7.13. The first-order valence-corrected chi connectivity index (χ1v) is 6.72. The normalized spacial score (nSPS) is 11.6. The van der Waals surface area contributed by atoms with Crippen molar-refractivity contribution in [2.45, 2.75) is 26.6 Å². The maximum atomic E-state index is 12.6. The number of alkyl halides is 3. The zero-order chi connectivity index (χ0) is 16.2. The molecule has 0 atom stereocenters. The number of hydrogen-bond acceptors (Lipinski definition) is 2. The first-order valence-electron chi connectivity index (χ1n) is 6.72. The van der Waals surface area contributed by atoms with Crippen LogP contribution in [0.15, 0.2) is 24.3 Å². The molecule has 0 aliphatic carbocycles. The SMILES string of the molecule is CC(C)C(=O)N(Cc1ccc(N(C)C)cc1)CC(F)(F)F. The maximum Gasteiger partial charge on any atom is 0.406 e. The van der Waals surface area contributed by atoms with Crippen LogP contribution in [0.2, 0.25) is 0 Å². The van der Waals surface area contributed by atoms with E-state index in [1.165, 1.54) is 0 Å². The van der Waals surface area contributed by atoms with Gasteiger partial charge in [-0.15, -0.1) is 0 Å². The molecule has 0 spiro atoms. The molecule has 118 valence electrons. The minimum absolute atomic E-state index is 0.0375. The molecule has 1 amide bonds. The number of anilines is 1. The van der Waals surface area contributed by atoms with Gasteiger partial charge in [0.05, 0.1) is 0 Å². The van der Waals surface area contributed by atoms with E-state index in [4.69, 9.17) is 0 Å². The van der Waals surface area contributed by atoms with E-state index in [0.717, 1.165) is 10.6 Å². The Bertz CT molecular complexity index is 467. The van der Waals surface area contributed by atoms with Crippen molar-refractivity contribution in [2.75, 3.05) is 25.5 Å². The molecule has 0 aromatic heterocycles. The van der Waals surface area contributed by atoms with Gasteiger partial charge in [-0.1, -0.05) is 26.0 Å². The lowest BCUT2D eigenvalue weighted by atomic mass is 10.1. The van der Waals surface area contributed by atoms with E-state index >= 15 is 0 Å².